The maximum atomic E-state index is 5.34. The van der Waals surface area contributed by atoms with Gasteiger partial charge in [0.15, 0.2) is 0 Å². The Kier molecular flexibility index (Phi) is 5.73. The van der Waals surface area contributed by atoms with Crippen LogP contribution in [0.3, 0.4) is 0 Å². The van der Waals surface area contributed by atoms with Gasteiger partial charge in [0.05, 0.1) is 6.61 Å². The lowest BCUT2D eigenvalue weighted by molar-refractivity contribution is 0.0999. The molecule has 1 N–H and O–H groups in total. The Labute approximate surface area is 101 Å². The molecule has 1 fully saturated rings. The molecule has 3 heteroatoms. The van der Waals surface area contributed by atoms with E-state index in [1.54, 1.807) is 7.11 Å². The number of ether oxygens (including phenoxy) is 1. The van der Waals surface area contributed by atoms with Gasteiger partial charge in [0.2, 0.25) is 0 Å². The van der Waals surface area contributed by atoms with E-state index in [1.165, 1.54) is 13.1 Å². The van der Waals surface area contributed by atoms with Crippen molar-refractivity contribution in [1.82, 2.24) is 10.2 Å². The van der Waals surface area contributed by atoms with Gasteiger partial charge >= 0.3 is 0 Å². The van der Waals surface area contributed by atoms with Crippen molar-refractivity contribution >= 4 is 0 Å². The summed E-state index contributed by atoms with van der Waals surface area (Å²) in [4.78, 5) is 2.58. The molecule has 1 heterocycles. The summed E-state index contributed by atoms with van der Waals surface area (Å²) in [6.45, 7) is 13.4. The topological polar surface area (TPSA) is 24.5 Å². The van der Waals surface area contributed by atoms with Crippen molar-refractivity contribution in [3.63, 3.8) is 0 Å². The molecule has 0 bridgehead atoms. The molecule has 1 aliphatic rings. The van der Waals surface area contributed by atoms with E-state index in [2.05, 4.69) is 37.9 Å². The Hall–Kier alpha value is -0.120. The van der Waals surface area contributed by atoms with E-state index in [4.69, 9.17) is 4.74 Å². The van der Waals surface area contributed by atoms with Crippen LogP contribution in [0.15, 0.2) is 0 Å². The molecular weight excluding hydrogens is 200 g/mol. The van der Waals surface area contributed by atoms with E-state index >= 15 is 0 Å². The maximum Gasteiger partial charge on any atom is 0.0630 e. The fraction of sp³-hybridized carbons (Fsp3) is 1.00. The zero-order valence-corrected chi connectivity index (χ0v) is 11.5. The molecule has 0 saturated carbocycles. The molecule has 0 spiro atoms. The third-order valence-corrected chi connectivity index (χ3v) is 3.65. The number of hydrogen-bond acceptors (Lipinski definition) is 3. The average Bonchev–Trinajstić information content (AvgIpc) is 2.53. The van der Waals surface area contributed by atoms with Gasteiger partial charge in [-0.2, -0.15) is 0 Å². The summed E-state index contributed by atoms with van der Waals surface area (Å²) in [7, 11) is 1.80. The standard InChI is InChI=1S/C13H28N2O/c1-10(2)14-6-13(9-16-5)15-7-11(3)12(4)8-15/h10-14H,6-9H2,1-5H3. The van der Waals surface area contributed by atoms with Crippen LogP contribution in [0.1, 0.15) is 27.7 Å². The van der Waals surface area contributed by atoms with E-state index in [0.717, 1.165) is 25.0 Å². The predicted molar refractivity (Wildman–Crippen MR) is 68.7 cm³/mol. The molecular formula is C13H28N2O. The van der Waals surface area contributed by atoms with E-state index in [-0.39, 0.29) is 0 Å². The Balaban J connectivity index is 2.43. The molecule has 0 aliphatic carbocycles. The highest BCUT2D eigenvalue weighted by atomic mass is 16.5. The molecule has 3 nitrogen and oxygen atoms in total. The first-order chi connectivity index (χ1) is 7.54. The minimum Gasteiger partial charge on any atom is -0.383 e. The van der Waals surface area contributed by atoms with Gasteiger partial charge in [-0.1, -0.05) is 27.7 Å². The summed E-state index contributed by atoms with van der Waals surface area (Å²) in [6, 6.07) is 1.08. The first-order valence-electron chi connectivity index (χ1n) is 6.51. The van der Waals surface area contributed by atoms with E-state index < -0.39 is 0 Å². The summed E-state index contributed by atoms with van der Waals surface area (Å²) in [5.41, 5.74) is 0. The molecule has 0 amide bonds. The average molecular weight is 228 g/mol. The monoisotopic (exact) mass is 228 g/mol. The Morgan fingerprint density at radius 3 is 2.25 bits per heavy atom. The second-order valence-corrected chi connectivity index (χ2v) is 5.58. The first kappa shape index (κ1) is 13.9. The third-order valence-electron chi connectivity index (χ3n) is 3.65. The zero-order chi connectivity index (χ0) is 12.1. The minimum absolute atomic E-state index is 0.528. The Morgan fingerprint density at radius 1 is 1.25 bits per heavy atom. The van der Waals surface area contributed by atoms with Crippen LogP contribution in [-0.2, 0) is 4.74 Å². The number of nitrogens with zero attached hydrogens (tertiary/aromatic N) is 1. The van der Waals surface area contributed by atoms with Crippen molar-refractivity contribution in [2.45, 2.75) is 39.8 Å². The van der Waals surface area contributed by atoms with E-state index in [1.807, 2.05) is 0 Å². The van der Waals surface area contributed by atoms with Gasteiger partial charge in [-0.3, -0.25) is 4.90 Å². The third kappa shape index (κ3) is 4.04. The number of methoxy groups -OCH3 is 1. The number of likely N-dealkylation sites (tertiary alicyclic amines) is 1. The molecule has 0 aromatic heterocycles. The van der Waals surface area contributed by atoms with E-state index in [0.29, 0.717) is 12.1 Å². The van der Waals surface area contributed by atoms with Crippen molar-refractivity contribution < 1.29 is 4.74 Å². The van der Waals surface area contributed by atoms with Crippen LogP contribution in [0.2, 0.25) is 0 Å². The quantitative estimate of drug-likeness (QED) is 0.747. The summed E-state index contributed by atoms with van der Waals surface area (Å²) >= 11 is 0. The van der Waals surface area contributed by atoms with Crippen molar-refractivity contribution in [3.05, 3.63) is 0 Å². The van der Waals surface area contributed by atoms with Gasteiger partial charge in [-0.25, -0.2) is 0 Å². The van der Waals surface area contributed by atoms with Gasteiger partial charge in [0.25, 0.3) is 0 Å². The van der Waals surface area contributed by atoms with Crippen molar-refractivity contribution in [3.8, 4) is 0 Å². The number of rotatable bonds is 6. The molecule has 0 aromatic carbocycles. The fourth-order valence-corrected chi connectivity index (χ4v) is 2.33. The van der Waals surface area contributed by atoms with E-state index in [9.17, 15) is 0 Å². The van der Waals surface area contributed by atoms with Gasteiger partial charge in [0, 0.05) is 38.8 Å². The lowest BCUT2D eigenvalue weighted by Gasteiger charge is -2.28. The van der Waals surface area contributed by atoms with Crippen LogP contribution >= 0.6 is 0 Å². The van der Waals surface area contributed by atoms with Crippen molar-refractivity contribution in [2.75, 3.05) is 33.4 Å². The molecule has 0 radical (unpaired) electrons. The van der Waals surface area contributed by atoms with Gasteiger partial charge in [0.1, 0.15) is 0 Å². The number of nitrogens with one attached hydrogen (secondary N) is 1. The second kappa shape index (κ2) is 6.58. The summed E-state index contributed by atoms with van der Waals surface area (Å²) < 4.78 is 5.34. The van der Waals surface area contributed by atoms with Gasteiger partial charge in [-0.15, -0.1) is 0 Å². The van der Waals surface area contributed by atoms with Crippen LogP contribution in [0.25, 0.3) is 0 Å². The molecule has 1 aliphatic heterocycles. The molecule has 16 heavy (non-hydrogen) atoms. The SMILES string of the molecule is COCC(CNC(C)C)N1CC(C)C(C)C1. The first-order valence-corrected chi connectivity index (χ1v) is 6.51. The predicted octanol–water partition coefficient (Wildman–Crippen LogP) is 1.59. The second-order valence-electron chi connectivity index (χ2n) is 5.58. The Bertz CT molecular complexity index is 186. The van der Waals surface area contributed by atoms with Crippen molar-refractivity contribution in [2.24, 2.45) is 11.8 Å². The van der Waals surface area contributed by atoms with Gasteiger partial charge < -0.3 is 10.1 Å². The lowest BCUT2D eigenvalue weighted by Crippen LogP contribution is -2.45. The van der Waals surface area contributed by atoms with Crippen LogP contribution in [0, 0.1) is 11.8 Å². The molecule has 3 atom stereocenters. The Morgan fingerprint density at radius 2 is 1.81 bits per heavy atom. The fourth-order valence-electron chi connectivity index (χ4n) is 2.33. The summed E-state index contributed by atoms with van der Waals surface area (Å²) in [6.07, 6.45) is 0. The maximum absolute atomic E-state index is 5.34. The zero-order valence-electron chi connectivity index (χ0n) is 11.5. The van der Waals surface area contributed by atoms with Crippen molar-refractivity contribution in [1.29, 1.82) is 0 Å². The van der Waals surface area contributed by atoms with Gasteiger partial charge in [-0.05, 0) is 11.8 Å². The smallest absolute Gasteiger partial charge is 0.0630 e. The van der Waals surface area contributed by atoms with Crippen LogP contribution < -0.4 is 5.32 Å². The molecule has 0 aromatic rings. The molecule has 1 rings (SSSR count). The van der Waals surface area contributed by atoms with Crippen LogP contribution in [-0.4, -0.2) is 50.3 Å². The van der Waals surface area contributed by atoms with Crippen LogP contribution in [0.5, 0.6) is 0 Å². The lowest BCUT2D eigenvalue weighted by atomic mass is 10.0. The van der Waals surface area contributed by atoms with Crippen LogP contribution in [0.4, 0.5) is 0 Å². The molecule has 1 saturated heterocycles. The highest BCUT2D eigenvalue weighted by Gasteiger charge is 2.30. The highest BCUT2D eigenvalue weighted by Crippen LogP contribution is 2.23. The number of hydrogen-bond donors (Lipinski definition) is 1. The molecule has 3 unspecified atom stereocenters. The normalized spacial score (nSPS) is 28.9. The summed E-state index contributed by atoms with van der Waals surface area (Å²) in [5, 5.41) is 3.52. The summed E-state index contributed by atoms with van der Waals surface area (Å²) in [5.74, 6) is 1.64. The largest absolute Gasteiger partial charge is 0.383 e. The minimum atomic E-state index is 0.528. The molecule has 96 valence electrons. The highest BCUT2D eigenvalue weighted by molar-refractivity contribution is 4.85.